The van der Waals surface area contributed by atoms with E-state index >= 15 is 0 Å². The number of thiophene rings is 1. The largest absolute Gasteiger partial charge is 0.493 e. The molecule has 3 nitrogen and oxygen atoms in total. The van der Waals surface area contributed by atoms with Crippen LogP contribution in [0.3, 0.4) is 0 Å². The average Bonchev–Trinajstić information content (AvgIpc) is 2.98. The van der Waals surface area contributed by atoms with Crippen LogP contribution in [0, 0.1) is 0 Å². The summed E-state index contributed by atoms with van der Waals surface area (Å²) in [6.45, 7) is 2.86. The van der Waals surface area contributed by atoms with Crippen molar-refractivity contribution >= 4 is 27.2 Å². The maximum absolute atomic E-state index is 5.91. The first kappa shape index (κ1) is 15.8. The maximum Gasteiger partial charge on any atom is 0.125 e. The molecule has 0 fully saturated rings. The Kier molecular flexibility index (Phi) is 5.13. The second kappa shape index (κ2) is 7.47. The molecule has 0 spiro atoms. The van der Waals surface area contributed by atoms with Gasteiger partial charge < -0.3 is 10.1 Å². The van der Waals surface area contributed by atoms with E-state index in [0.717, 1.165) is 30.1 Å². The predicted molar refractivity (Wildman–Crippen MR) is 98.8 cm³/mol. The zero-order valence-corrected chi connectivity index (χ0v) is 14.5. The quantitative estimate of drug-likeness (QED) is 0.669. The van der Waals surface area contributed by atoms with Gasteiger partial charge in [-0.2, -0.15) is 0 Å². The topological polar surface area (TPSA) is 34.1 Å². The Morgan fingerprint density at radius 1 is 1.17 bits per heavy atom. The summed E-state index contributed by atoms with van der Waals surface area (Å²) in [7, 11) is 1.88. The van der Waals surface area contributed by atoms with Crippen molar-refractivity contribution in [2.45, 2.75) is 26.2 Å². The number of hydrogen-bond acceptors (Lipinski definition) is 4. The smallest absolute Gasteiger partial charge is 0.125 e. The van der Waals surface area contributed by atoms with Gasteiger partial charge in [-0.1, -0.05) is 19.4 Å². The van der Waals surface area contributed by atoms with E-state index in [0.29, 0.717) is 6.61 Å². The summed E-state index contributed by atoms with van der Waals surface area (Å²) >= 11 is 1.80. The Labute approximate surface area is 141 Å². The highest BCUT2D eigenvalue weighted by Crippen LogP contribution is 2.30. The number of nitrogens with one attached hydrogen (secondary N) is 1. The number of hydrogen-bond donors (Lipinski definition) is 1. The van der Waals surface area contributed by atoms with E-state index in [4.69, 9.17) is 4.74 Å². The SMILES string of the molecule is CCCc1csc2cc(OCCc3cccc(NC)n3)ccc12. The third kappa shape index (κ3) is 3.82. The van der Waals surface area contributed by atoms with Crippen molar-refractivity contribution in [3.63, 3.8) is 0 Å². The number of aryl methyl sites for hydroxylation is 1. The van der Waals surface area contributed by atoms with E-state index in [1.165, 1.54) is 22.1 Å². The zero-order chi connectivity index (χ0) is 16.1. The summed E-state index contributed by atoms with van der Waals surface area (Å²) in [5.41, 5.74) is 2.49. The molecule has 0 amide bonds. The van der Waals surface area contributed by atoms with Crippen molar-refractivity contribution in [2.24, 2.45) is 0 Å². The van der Waals surface area contributed by atoms with Gasteiger partial charge in [0.25, 0.3) is 0 Å². The highest BCUT2D eigenvalue weighted by molar-refractivity contribution is 7.17. The molecule has 0 radical (unpaired) electrons. The van der Waals surface area contributed by atoms with Gasteiger partial charge in [-0.05, 0) is 53.1 Å². The Bertz CT molecular complexity index is 782. The van der Waals surface area contributed by atoms with Crippen LogP contribution in [0.25, 0.3) is 10.1 Å². The van der Waals surface area contributed by atoms with Gasteiger partial charge in [-0.3, -0.25) is 0 Å². The third-order valence-corrected chi connectivity index (χ3v) is 4.83. The van der Waals surface area contributed by atoms with Crippen LogP contribution in [0.2, 0.25) is 0 Å². The molecular formula is C19H22N2OS. The minimum absolute atomic E-state index is 0.638. The Morgan fingerprint density at radius 3 is 2.91 bits per heavy atom. The van der Waals surface area contributed by atoms with Crippen LogP contribution in [0.15, 0.2) is 41.8 Å². The first-order chi connectivity index (χ1) is 11.3. The highest BCUT2D eigenvalue weighted by Gasteiger charge is 2.05. The average molecular weight is 326 g/mol. The van der Waals surface area contributed by atoms with Gasteiger partial charge in [0.05, 0.1) is 6.61 Å². The molecule has 0 unspecified atom stereocenters. The molecular weight excluding hydrogens is 304 g/mol. The molecule has 4 heteroatoms. The minimum Gasteiger partial charge on any atom is -0.493 e. The number of anilines is 1. The molecule has 120 valence electrons. The van der Waals surface area contributed by atoms with Gasteiger partial charge >= 0.3 is 0 Å². The van der Waals surface area contributed by atoms with Crippen LogP contribution in [0.5, 0.6) is 5.75 Å². The minimum atomic E-state index is 0.638. The molecule has 3 rings (SSSR count). The molecule has 2 heterocycles. The molecule has 0 aliphatic rings. The van der Waals surface area contributed by atoms with Crippen molar-refractivity contribution < 1.29 is 4.74 Å². The van der Waals surface area contributed by atoms with Crippen LogP contribution in [0.1, 0.15) is 24.6 Å². The summed E-state index contributed by atoms with van der Waals surface area (Å²) in [5, 5.41) is 6.69. The number of nitrogens with zero attached hydrogens (tertiary/aromatic N) is 1. The molecule has 0 saturated carbocycles. The Morgan fingerprint density at radius 2 is 2.09 bits per heavy atom. The van der Waals surface area contributed by atoms with Gasteiger partial charge in [0.15, 0.2) is 0 Å². The van der Waals surface area contributed by atoms with Crippen molar-refractivity contribution in [1.29, 1.82) is 0 Å². The fourth-order valence-electron chi connectivity index (χ4n) is 2.65. The number of ether oxygens (including phenoxy) is 1. The number of benzene rings is 1. The summed E-state index contributed by atoms with van der Waals surface area (Å²) in [5.74, 6) is 1.83. The van der Waals surface area contributed by atoms with Gasteiger partial charge in [-0.15, -0.1) is 11.3 Å². The number of fused-ring (bicyclic) bond motifs is 1. The lowest BCUT2D eigenvalue weighted by Gasteiger charge is -2.07. The van der Waals surface area contributed by atoms with Gasteiger partial charge in [0.1, 0.15) is 11.6 Å². The molecule has 0 aliphatic heterocycles. The fraction of sp³-hybridized carbons (Fsp3) is 0.316. The zero-order valence-electron chi connectivity index (χ0n) is 13.6. The number of aromatic nitrogens is 1. The standard InChI is InChI=1S/C19H22N2OS/c1-3-5-14-13-23-18-12-16(8-9-17(14)18)22-11-10-15-6-4-7-19(20-2)21-15/h4,6-9,12-13H,3,5,10-11H2,1-2H3,(H,20,21). The normalized spacial score (nSPS) is 10.9. The van der Waals surface area contributed by atoms with Gasteiger partial charge in [0.2, 0.25) is 0 Å². The summed E-state index contributed by atoms with van der Waals surface area (Å²) in [4.78, 5) is 4.51. The van der Waals surface area contributed by atoms with Gasteiger partial charge in [-0.25, -0.2) is 4.98 Å². The van der Waals surface area contributed by atoms with Crippen molar-refractivity contribution in [1.82, 2.24) is 4.98 Å². The van der Waals surface area contributed by atoms with E-state index in [9.17, 15) is 0 Å². The van der Waals surface area contributed by atoms with Crippen molar-refractivity contribution in [3.05, 3.63) is 53.0 Å². The molecule has 0 aliphatic carbocycles. The lowest BCUT2D eigenvalue weighted by Crippen LogP contribution is -2.04. The summed E-state index contributed by atoms with van der Waals surface area (Å²) in [6, 6.07) is 12.4. The second-order valence-electron chi connectivity index (χ2n) is 5.53. The molecule has 23 heavy (non-hydrogen) atoms. The first-order valence-corrected chi connectivity index (χ1v) is 8.94. The van der Waals surface area contributed by atoms with Crippen LogP contribution >= 0.6 is 11.3 Å². The van der Waals surface area contributed by atoms with E-state index in [1.54, 1.807) is 11.3 Å². The molecule has 1 N–H and O–H groups in total. The van der Waals surface area contributed by atoms with E-state index in [-0.39, 0.29) is 0 Å². The lowest BCUT2D eigenvalue weighted by molar-refractivity contribution is 0.321. The van der Waals surface area contributed by atoms with Crippen LogP contribution in [-0.2, 0) is 12.8 Å². The Balaban J connectivity index is 1.62. The van der Waals surface area contributed by atoms with E-state index in [2.05, 4.69) is 40.8 Å². The molecule has 2 aromatic heterocycles. The molecule has 0 saturated heterocycles. The molecule has 0 bridgehead atoms. The summed E-state index contributed by atoms with van der Waals surface area (Å²) in [6.07, 6.45) is 3.13. The lowest BCUT2D eigenvalue weighted by atomic mass is 10.1. The summed E-state index contributed by atoms with van der Waals surface area (Å²) < 4.78 is 7.21. The third-order valence-electron chi connectivity index (χ3n) is 3.84. The molecule has 1 aromatic carbocycles. The van der Waals surface area contributed by atoms with E-state index < -0.39 is 0 Å². The Hall–Kier alpha value is -2.07. The van der Waals surface area contributed by atoms with Crippen LogP contribution in [-0.4, -0.2) is 18.6 Å². The maximum atomic E-state index is 5.91. The highest BCUT2D eigenvalue weighted by atomic mass is 32.1. The second-order valence-corrected chi connectivity index (χ2v) is 6.44. The van der Waals surface area contributed by atoms with E-state index in [1.807, 2.05) is 25.2 Å². The fourth-order valence-corrected chi connectivity index (χ4v) is 3.67. The predicted octanol–water partition coefficient (Wildman–Crippen LogP) is 4.91. The number of pyridine rings is 1. The van der Waals surface area contributed by atoms with Crippen LogP contribution < -0.4 is 10.1 Å². The molecule has 3 aromatic rings. The molecule has 0 atom stereocenters. The van der Waals surface area contributed by atoms with Crippen LogP contribution in [0.4, 0.5) is 5.82 Å². The van der Waals surface area contributed by atoms with Gasteiger partial charge in [0, 0.05) is 23.9 Å². The first-order valence-electron chi connectivity index (χ1n) is 8.06. The van der Waals surface area contributed by atoms with Crippen molar-refractivity contribution in [2.75, 3.05) is 19.0 Å². The van der Waals surface area contributed by atoms with Crippen molar-refractivity contribution in [3.8, 4) is 5.75 Å². The monoisotopic (exact) mass is 326 g/mol. The number of rotatable bonds is 7.